The lowest BCUT2D eigenvalue weighted by Gasteiger charge is -2.38. The Hall–Kier alpha value is -1.00. The van der Waals surface area contributed by atoms with Crippen molar-refractivity contribution in [2.45, 2.75) is 23.3 Å². The molecule has 0 spiro atoms. The molecule has 2 nitrogen and oxygen atoms in total. The first-order chi connectivity index (χ1) is 11.5. The van der Waals surface area contributed by atoms with Crippen molar-refractivity contribution in [2.24, 2.45) is 5.92 Å². The molecular weight excluding hydrogens is 338 g/mol. The molecule has 24 heavy (non-hydrogen) atoms. The number of halogens is 1. The highest BCUT2D eigenvalue weighted by molar-refractivity contribution is 7.99. The second-order valence-electron chi connectivity index (χ2n) is 6.82. The fourth-order valence-corrected chi connectivity index (χ4v) is 4.88. The highest BCUT2D eigenvalue weighted by Crippen LogP contribution is 2.44. The third kappa shape index (κ3) is 3.80. The molecule has 0 radical (unpaired) electrons. The molecule has 3 rings (SSSR count). The van der Waals surface area contributed by atoms with E-state index in [1.54, 1.807) is 0 Å². The van der Waals surface area contributed by atoms with Crippen LogP contribution in [0.1, 0.15) is 17.5 Å². The van der Waals surface area contributed by atoms with E-state index in [2.05, 4.69) is 37.2 Å². The molecule has 2 aromatic rings. The summed E-state index contributed by atoms with van der Waals surface area (Å²) in [6, 6.07) is 16.2. The maximum Gasteiger partial charge on any atom is 0.0987 e. The zero-order valence-electron chi connectivity index (χ0n) is 14.2. The zero-order chi connectivity index (χ0) is 17.2. The number of thioether (sulfide) groups is 1. The van der Waals surface area contributed by atoms with Gasteiger partial charge in [0, 0.05) is 28.8 Å². The normalized spacial score (nSPS) is 23.8. The van der Waals surface area contributed by atoms with Gasteiger partial charge in [0.05, 0.1) is 5.60 Å². The highest BCUT2D eigenvalue weighted by Gasteiger charge is 2.41. The topological polar surface area (TPSA) is 23.5 Å². The average Bonchev–Trinajstić information content (AvgIpc) is 2.68. The maximum absolute atomic E-state index is 11.9. The van der Waals surface area contributed by atoms with Gasteiger partial charge in [0.2, 0.25) is 0 Å². The van der Waals surface area contributed by atoms with Gasteiger partial charge >= 0.3 is 0 Å². The molecule has 2 atom stereocenters. The smallest absolute Gasteiger partial charge is 0.0987 e. The molecular formula is C20H24ClNOS. The fraction of sp³-hybridized carbons (Fsp3) is 0.400. The number of fused-ring (bicyclic) bond motifs is 1. The van der Waals surface area contributed by atoms with E-state index >= 15 is 0 Å². The molecule has 0 saturated heterocycles. The van der Waals surface area contributed by atoms with Crippen LogP contribution in [0.4, 0.5) is 0 Å². The standard InChI is InChI=1S/C20H24ClNOS/c1-22(2)14-16-11-12-24-19-6-4-3-5-18(19)20(16,23)13-15-7-9-17(21)10-8-15/h3-10,16,23H,11-14H2,1-2H3. The fourth-order valence-electron chi connectivity index (χ4n) is 3.56. The van der Waals surface area contributed by atoms with Gasteiger partial charge in [0.25, 0.3) is 0 Å². The molecule has 2 unspecified atom stereocenters. The van der Waals surface area contributed by atoms with E-state index < -0.39 is 5.60 Å². The third-order valence-corrected chi connectivity index (χ3v) is 6.08. The van der Waals surface area contributed by atoms with Gasteiger partial charge in [-0.1, -0.05) is 41.9 Å². The summed E-state index contributed by atoms with van der Waals surface area (Å²) >= 11 is 7.88. The summed E-state index contributed by atoms with van der Waals surface area (Å²) in [4.78, 5) is 3.38. The number of nitrogens with zero attached hydrogens (tertiary/aromatic N) is 1. The van der Waals surface area contributed by atoms with E-state index in [0.717, 1.165) is 34.9 Å². The number of aliphatic hydroxyl groups is 1. The molecule has 0 amide bonds. The molecule has 0 fully saturated rings. The van der Waals surface area contributed by atoms with Crippen molar-refractivity contribution in [3.63, 3.8) is 0 Å². The lowest BCUT2D eigenvalue weighted by molar-refractivity contribution is -0.0353. The molecule has 0 aromatic heterocycles. The van der Waals surface area contributed by atoms with Crippen LogP contribution in [0.5, 0.6) is 0 Å². The van der Waals surface area contributed by atoms with Gasteiger partial charge in [0.1, 0.15) is 0 Å². The van der Waals surface area contributed by atoms with Crippen LogP contribution in [0.2, 0.25) is 5.02 Å². The van der Waals surface area contributed by atoms with Gasteiger partial charge < -0.3 is 10.0 Å². The molecule has 1 heterocycles. The lowest BCUT2D eigenvalue weighted by Crippen LogP contribution is -2.42. The van der Waals surface area contributed by atoms with Crippen molar-refractivity contribution in [3.8, 4) is 0 Å². The van der Waals surface area contributed by atoms with Gasteiger partial charge in [-0.25, -0.2) is 0 Å². The van der Waals surface area contributed by atoms with Crippen LogP contribution >= 0.6 is 23.4 Å². The minimum atomic E-state index is -0.863. The number of rotatable bonds is 4. The second-order valence-corrected chi connectivity index (χ2v) is 8.39. The number of benzene rings is 2. The van der Waals surface area contributed by atoms with Crippen LogP contribution in [0.3, 0.4) is 0 Å². The monoisotopic (exact) mass is 361 g/mol. The van der Waals surface area contributed by atoms with Crippen LogP contribution in [-0.4, -0.2) is 36.4 Å². The zero-order valence-corrected chi connectivity index (χ0v) is 15.8. The van der Waals surface area contributed by atoms with Crippen molar-refractivity contribution >= 4 is 23.4 Å². The molecule has 2 aromatic carbocycles. The number of hydrogen-bond acceptors (Lipinski definition) is 3. The number of hydrogen-bond donors (Lipinski definition) is 1. The molecule has 0 aliphatic carbocycles. The largest absolute Gasteiger partial charge is 0.384 e. The minimum Gasteiger partial charge on any atom is -0.384 e. The van der Waals surface area contributed by atoms with Gasteiger partial charge in [-0.15, -0.1) is 11.8 Å². The predicted octanol–water partition coefficient (Wildman–Crippen LogP) is 4.44. The summed E-state index contributed by atoms with van der Waals surface area (Å²) < 4.78 is 0. The van der Waals surface area contributed by atoms with Gasteiger partial charge in [0.15, 0.2) is 0 Å². The average molecular weight is 362 g/mol. The minimum absolute atomic E-state index is 0.194. The summed E-state index contributed by atoms with van der Waals surface area (Å²) in [5.41, 5.74) is 1.32. The van der Waals surface area contributed by atoms with Crippen molar-refractivity contribution in [1.29, 1.82) is 0 Å². The van der Waals surface area contributed by atoms with Gasteiger partial charge in [-0.05, 0) is 55.6 Å². The van der Waals surface area contributed by atoms with E-state index in [0.29, 0.717) is 6.42 Å². The SMILES string of the molecule is CN(C)CC1CCSc2ccccc2C1(O)Cc1ccc(Cl)cc1. The van der Waals surface area contributed by atoms with Crippen LogP contribution < -0.4 is 0 Å². The Bertz CT molecular complexity index is 688. The quantitative estimate of drug-likeness (QED) is 0.870. The van der Waals surface area contributed by atoms with Crippen LogP contribution in [0.15, 0.2) is 53.4 Å². The Balaban J connectivity index is 2.03. The Kier molecular flexibility index (Phi) is 5.56. The first-order valence-electron chi connectivity index (χ1n) is 8.33. The first-order valence-corrected chi connectivity index (χ1v) is 9.69. The van der Waals surface area contributed by atoms with E-state index in [1.807, 2.05) is 42.1 Å². The van der Waals surface area contributed by atoms with Crippen molar-refractivity contribution in [1.82, 2.24) is 4.90 Å². The third-order valence-electron chi connectivity index (χ3n) is 4.73. The van der Waals surface area contributed by atoms with Gasteiger partial charge in [-0.3, -0.25) is 0 Å². The molecule has 0 saturated carbocycles. The molecule has 128 valence electrons. The summed E-state index contributed by atoms with van der Waals surface area (Å²) in [5.74, 6) is 1.23. The van der Waals surface area contributed by atoms with Crippen LogP contribution in [0, 0.1) is 5.92 Å². The van der Waals surface area contributed by atoms with Crippen molar-refractivity contribution in [3.05, 3.63) is 64.7 Å². The van der Waals surface area contributed by atoms with Crippen LogP contribution in [-0.2, 0) is 12.0 Å². The summed E-state index contributed by atoms with van der Waals surface area (Å²) in [6.07, 6.45) is 1.61. The predicted molar refractivity (Wildman–Crippen MR) is 103 cm³/mol. The first kappa shape index (κ1) is 17.8. The van der Waals surface area contributed by atoms with Crippen molar-refractivity contribution < 1.29 is 5.11 Å². The van der Waals surface area contributed by atoms with E-state index in [4.69, 9.17) is 11.6 Å². The Morgan fingerprint density at radius 3 is 2.58 bits per heavy atom. The van der Waals surface area contributed by atoms with Crippen LogP contribution in [0.25, 0.3) is 0 Å². The van der Waals surface area contributed by atoms with E-state index in [9.17, 15) is 5.11 Å². The molecule has 4 heteroatoms. The molecule has 1 aliphatic rings. The molecule has 1 N–H and O–H groups in total. The molecule has 0 bridgehead atoms. The summed E-state index contributed by atoms with van der Waals surface area (Å²) in [7, 11) is 4.15. The Morgan fingerprint density at radius 1 is 1.17 bits per heavy atom. The Morgan fingerprint density at radius 2 is 1.88 bits per heavy atom. The maximum atomic E-state index is 11.9. The lowest BCUT2D eigenvalue weighted by atomic mass is 9.75. The highest BCUT2D eigenvalue weighted by atomic mass is 35.5. The molecule has 1 aliphatic heterocycles. The van der Waals surface area contributed by atoms with Gasteiger partial charge in [-0.2, -0.15) is 0 Å². The van der Waals surface area contributed by atoms with Crippen molar-refractivity contribution in [2.75, 3.05) is 26.4 Å². The summed E-state index contributed by atoms with van der Waals surface area (Å²) in [5, 5.41) is 12.6. The summed E-state index contributed by atoms with van der Waals surface area (Å²) in [6.45, 7) is 0.874. The van der Waals surface area contributed by atoms with E-state index in [1.165, 1.54) is 4.90 Å². The van der Waals surface area contributed by atoms with E-state index in [-0.39, 0.29) is 5.92 Å². The Labute approximate surface area is 153 Å². The second kappa shape index (κ2) is 7.49.